The van der Waals surface area contributed by atoms with E-state index in [2.05, 4.69) is 63.9 Å². The average Bonchev–Trinajstić information content (AvgIpc) is 3.37. The molecule has 0 heterocycles. The molecule has 0 radical (unpaired) electrons. The van der Waals surface area contributed by atoms with Crippen molar-refractivity contribution in [3.8, 4) is 0 Å². The molecule has 0 aromatic carbocycles. The number of amides is 2. The minimum absolute atomic E-state index is 0.0148. The fourth-order valence-corrected chi connectivity index (χ4v) is 14.6. The van der Waals surface area contributed by atoms with Crippen LogP contribution in [0.5, 0.6) is 0 Å². The number of hydrogen-bond acceptors (Lipinski definition) is 7. The lowest BCUT2D eigenvalue weighted by atomic mass is 9.33. The fraction of sp³-hybridized carbons (Fsp3) is 0.848. The Morgan fingerprint density at radius 2 is 1.47 bits per heavy atom. The van der Waals surface area contributed by atoms with E-state index in [0.29, 0.717) is 24.7 Å². The number of allylic oxidation sites excluding steroid dienone is 1. The van der Waals surface area contributed by atoms with Crippen LogP contribution in [0.25, 0.3) is 0 Å². The lowest BCUT2D eigenvalue weighted by molar-refractivity contribution is -0.235. The van der Waals surface area contributed by atoms with E-state index in [0.717, 1.165) is 56.1 Å². The van der Waals surface area contributed by atoms with E-state index in [1.54, 1.807) is 13.8 Å². The van der Waals surface area contributed by atoms with Gasteiger partial charge in [-0.1, -0.05) is 76.2 Å². The Bertz CT molecular complexity index is 1730. The number of carboxylic acid groups (broad SMARTS) is 1. The molecule has 0 saturated heterocycles. The van der Waals surface area contributed by atoms with Crippen molar-refractivity contribution in [2.24, 2.45) is 68.5 Å². The van der Waals surface area contributed by atoms with Crippen LogP contribution in [0.2, 0.25) is 0 Å². The fourth-order valence-electron chi connectivity index (χ4n) is 14.2. The number of halogens is 1. The highest BCUT2D eigenvalue weighted by atomic mass is 35.5. The summed E-state index contributed by atoms with van der Waals surface area (Å²) in [5.41, 5.74) is -1.00. The van der Waals surface area contributed by atoms with Gasteiger partial charge in [-0.2, -0.15) is 0 Å². The van der Waals surface area contributed by atoms with Crippen molar-refractivity contribution in [3.63, 3.8) is 0 Å². The molecule has 10 nitrogen and oxygen atoms in total. The molecule has 6 rings (SSSR count). The average molecular weight is 815 g/mol. The van der Waals surface area contributed by atoms with E-state index in [1.807, 2.05) is 27.7 Å². The first-order chi connectivity index (χ1) is 26.2. The lowest BCUT2D eigenvalue weighted by Gasteiger charge is -2.72. The second-order valence-corrected chi connectivity index (χ2v) is 22.7. The van der Waals surface area contributed by atoms with Gasteiger partial charge in [0.05, 0.1) is 17.4 Å². The minimum atomic E-state index is -1.24. The predicted molar refractivity (Wildman–Crippen MR) is 221 cm³/mol. The first kappa shape index (κ1) is 44.1. The lowest BCUT2D eigenvalue weighted by Crippen LogP contribution is -2.68. The minimum Gasteiger partial charge on any atom is -0.481 e. The summed E-state index contributed by atoms with van der Waals surface area (Å²) >= 11 is 5.93. The summed E-state index contributed by atoms with van der Waals surface area (Å²) in [7, 11) is 0. The summed E-state index contributed by atoms with van der Waals surface area (Å²) < 4.78 is 6.41. The number of fused-ring (bicyclic) bond motifs is 7. The van der Waals surface area contributed by atoms with Crippen molar-refractivity contribution < 1.29 is 33.8 Å². The number of aliphatic carboxylic acids is 1. The number of hydrogen-bond donors (Lipinski definition) is 4. The Kier molecular flexibility index (Phi) is 11.1. The van der Waals surface area contributed by atoms with Gasteiger partial charge >= 0.3 is 11.9 Å². The molecule has 0 unspecified atom stereocenters. The normalized spacial score (nSPS) is 39.9. The number of ether oxygens (including phenoxy) is 1. The molecule has 11 atom stereocenters. The van der Waals surface area contributed by atoms with Crippen LogP contribution in [0.1, 0.15) is 154 Å². The summed E-state index contributed by atoms with van der Waals surface area (Å²) in [5.74, 6) is -1.72. The summed E-state index contributed by atoms with van der Waals surface area (Å²) in [6.45, 7) is 27.2. The molecule has 5 saturated carbocycles. The zero-order valence-corrected chi connectivity index (χ0v) is 37.8. The third-order valence-electron chi connectivity index (χ3n) is 17.9. The van der Waals surface area contributed by atoms with Crippen LogP contribution in [0, 0.1) is 68.5 Å². The maximum absolute atomic E-state index is 14.3. The SMILES string of the molecule is CC(C)C1=C2[C@H]3CC[C@@H]4[C@@]5(C)CC[C@H](OC(=O)[C@H]6C[C@@H](C(=O)O)C6(C)C)C(C)(C)[C@@H]5CC[C@@]4(C)[C@]3(C)CC[C@@]2(NC(=O)C(C)(C)NC(=O)[C@@H](NCl)C(C)C)CC1=O. The highest BCUT2D eigenvalue weighted by Gasteiger charge is 2.71. The van der Waals surface area contributed by atoms with Crippen molar-refractivity contribution in [2.45, 2.75) is 177 Å². The van der Waals surface area contributed by atoms with Crippen molar-refractivity contribution in [1.29, 1.82) is 0 Å². The second-order valence-electron chi connectivity index (χ2n) is 22.5. The molecule has 6 aliphatic carbocycles. The van der Waals surface area contributed by atoms with E-state index in [9.17, 15) is 29.1 Å². The maximum Gasteiger partial charge on any atom is 0.309 e. The van der Waals surface area contributed by atoms with Gasteiger partial charge < -0.3 is 20.5 Å². The number of carbonyl (C=O) groups excluding carboxylic acids is 4. The van der Waals surface area contributed by atoms with Crippen LogP contribution < -0.4 is 15.5 Å². The van der Waals surface area contributed by atoms with Crippen LogP contribution in [-0.2, 0) is 28.7 Å². The summed E-state index contributed by atoms with van der Waals surface area (Å²) in [5, 5.41) is 16.0. The molecule has 2 amide bonds. The molecular weight excluding hydrogens is 742 g/mol. The van der Waals surface area contributed by atoms with E-state index >= 15 is 0 Å². The number of nitrogens with one attached hydrogen (secondary N) is 3. The Morgan fingerprint density at radius 1 is 0.825 bits per heavy atom. The Labute approximate surface area is 346 Å². The molecule has 4 N–H and O–H groups in total. The molecule has 11 heteroatoms. The molecule has 0 aliphatic heterocycles. The van der Waals surface area contributed by atoms with Gasteiger partial charge in [-0.3, -0.25) is 24.0 Å². The molecule has 0 bridgehead atoms. The van der Waals surface area contributed by atoms with Crippen LogP contribution in [-0.4, -0.2) is 57.9 Å². The van der Waals surface area contributed by atoms with Gasteiger partial charge in [-0.05, 0) is 146 Å². The molecule has 57 heavy (non-hydrogen) atoms. The van der Waals surface area contributed by atoms with Crippen molar-refractivity contribution in [3.05, 3.63) is 11.1 Å². The summed E-state index contributed by atoms with van der Waals surface area (Å²) in [6.07, 6.45) is 7.66. The molecule has 0 aromatic heterocycles. The van der Waals surface area contributed by atoms with Crippen LogP contribution >= 0.6 is 11.8 Å². The van der Waals surface area contributed by atoms with Gasteiger partial charge in [0, 0.05) is 11.8 Å². The first-order valence-corrected chi connectivity index (χ1v) is 22.3. The number of rotatable bonds is 10. The molecule has 5 fully saturated rings. The topological polar surface area (TPSA) is 151 Å². The standard InChI is InChI=1S/C46H72ClN3O7/c1-24(2)33-29(51)23-46(49-39(56)42(9,10)48-36(52)35(50-47)25(3)4)21-20-44(12)26(34(33)46)14-15-31-43(11)18-17-32(41(7,8)30(43)16-19-45(31,44)13)57-38(55)28-22-27(37(53)54)40(28,5)6/h24-28,30-32,35,50H,14-23H2,1-13H3,(H,48,52)(H,49,56)(H,53,54)/t26-,27+,28-,30+,31-,32+,35+,43+,44-,45-,46-/m1/s1. The first-order valence-electron chi connectivity index (χ1n) is 21.9. The largest absolute Gasteiger partial charge is 0.481 e. The monoisotopic (exact) mass is 814 g/mol. The zero-order valence-electron chi connectivity index (χ0n) is 37.0. The third kappa shape index (κ3) is 6.53. The number of ketones is 1. The van der Waals surface area contributed by atoms with Crippen LogP contribution in [0.15, 0.2) is 11.1 Å². The molecule has 0 aromatic rings. The van der Waals surface area contributed by atoms with Gasteiger partial charge in [0.25, 0.3) is 0 Å². The Balaban J connectivity index is 1.26. The van der Waals surface area contributed by atoms with E-state index in [4.69, 9.17) is 16.5 Å². The second kappa shape index (κ2) is 14.3. The number of esters is 1. The predicted octanol–water partition coefficient (Wildman–Crippen LogP) is 8.16. The van der Waals surface area contributed by atoms with E-state index in [-0.39, 0.29) is 75.5 Å². The number of carbonyl (C=O) groups is 5. The van der Waals surface area contributed by atoms with Crippen LogP contribution in [0.3, 0.4) is 0 Å². The summed E-state index contributed by atoms with van der Waals surface area (Å²) in [4.78, 5) is 69.7. The van der Waals surface area contributed by atoms with Gasteiger partial charge in [0.1, 0.15) is 17.7 Å². The zero-order chi connectivity index (χ0) is 42.6. The van der Waals surface area contributed by atoms with Crippen LogP contribution in [0.4, 0.5) is 0 Å². The van der Waals surface area contributed by atoms with E-state index in [1.165, 1.54) is 0 Å². The van der Waals surface area contributed by atoms with E-state index < -0.39 is 40.3 Å². The Morgan fingerprint density at radius 3 is 2.04 bits per heavy atom. The van der Waals surface area contributed by atoms with Gasteiger partial charge in [-0.25, -0.2) is 4.84 Å². The summed E-state index contributed by atoms with van der Waals surface area (Å²) in [6, 6.07) is -0.666. The third-order valence-corrected chi connectivity index (χ3v) is 18.1. The number of Topliss-reactive ketones (excluding diaryl/α,β-unsaturated/α-hetero) is 1. The van der Waals surface area contributed by atoms with Crippen molar-refractivity contribution >= 4 is 41.3 Å². The quantitative estimate of drug-likeness (QED) is 0.128. The van der Waals surface area contributed by atoms with Gasteiger partial charge in [-0.15, -0.1) is 0 Å². The molecule has 0 spiro atoms. The molecular formula is C46H72ClN3O7. The van der Waals surface area contributed by atoms with Crippen molar-refractivity contribution in [1.82, 2.24) is 15.5 Å². The smallest absolute Gasteiger partial charge is 0.309 e. The van der Waals surface area contributed by atoms with Gasteiger partial charge in [0.15, 0.2) is 5.78 Å². The highest BCUT2D eigenvalue weighted by Crippen LogP contribution is 2.76. The number of carboxylic acids is 1. The van der Waals surface area contributed by atoms with Crippen molar-refractivity contribution in [2.75, 3.05) is 0 Å². The highest BCUT2D eigenvalue weighted by molar-refractivity contribution is 6.15. The Hall–Kier alpha value is -2.46. The molecule has 320 valence electrons. The van der Waals surface area contributed by atoms with Gasteiger partial charge in [0.2, 0.25) is 11.8 Å². The molecule has 6 aliphatic rings. The maximum atomic E-state index is 14.3.